The molecule has 2 aromatic carbocycles. The van der Waals surface area contributed by atoms with Crippen molar-refractivity contribution in [1.29, 1.82) is 0 Å². The molecule has 2 aromatic rings. The second-order valence-corrected chi connectivity index (χ2v) is 9.32. The molecule has 0 unspecified atom stereocenters. The molecule has 0 fully saturated rings. The Kier molecular flexibility index (Phi) is 9.14. The third-order valence-electron chi connectivity index (χ3n) is 6.26. The molecule has 2 N–H and O–H groups in total. The number of ketones is 1. The van der Waals surface area contributed by atoms with Crippen molar-refractivity contribution >= 4 is 23.3 Å². The molecular weight excluding hydrogens is 442 g/mol. The number of fused-ring (bicyclic) bond motifs is 1. The van der Waals surface area contributed by atoms with Crippen LogP contribution in [0.3, 0.4) is 0 Å². The third kappa shape index (κ3) is 6.97. The fourth-order valence-electron chi connectivity index (χ4n) is 4.13. The first-order valence-electron chi connectivity index (χ1n) is 12.1. The lowest BCUT2D eigenvalue weighted by Crippen LogP contribution is -2.47. The van der Waals surface area contributed by atoms with Crippen molar-refractivity contribution in [2.24, 2.45) is 0 Å². The molecule has 1 aliphatic heterocycles. The highest BCUT2D eigenvalue weighted by Crippen LogP contribution is 2.24. The number of aryl methyl sites for hydroxylation is 1. The first kappa shape index (κ1) is 26.5. The molecule has 0 radical (unpaired) electrons. The van der Waals surface area contributed by atoms with Crippen LogP contribution < -0.4 is 15.5 Å². The Balaban J connectivity index is 1.60. The number of carbonyl (C=O) groups excluding carboxylic acids is 3. The van der Waals surface area contributed by atoms with E-state index in [4.69, 9.17) is 0 Å². The van der Waals surface area contributed by atoms with E-state index in [1.165, 1.54) is 18.1 Å². The Labute approximate surface area is 208 Å². The van der Waals surface area contributed by atoms with Crippen molar-refractivity contribution in [3.8, 4) is 0 Å². The van der Waals surface area contributed by atoms with E-state index in [0.717, 1.165) is 5.56 Å². The van der Waals surface area contributed by atoms with Gasteiger partial charge in [-0.25, -0.2) is 5.01 Å². The highest BCUT2D eigenvalue weighted by molar-refractivity contribution is 5.99. The van der Waals surface area contributed by atoms with Crippen molar-refractivity contribution in [1.82, 2.24) is 20.7 Å². The number of amides is 2. The number of anilines is 1. The number of nitrogens with one attached hydrogen (secondary N) is 2. The summed E-state index contributed by atoms with van der Waals surface area (Å²) in [4.78, 5) is 39.6. The molecule has 0 atom stereocenters. The number of likely N-dealkylation sites (N-methyl/N-ethyl adjacent to an activating group) is 1. The van der Waals surface area contributed by atoms with Gasteiger partial charge in [-0.15, -0.1) is 0 Å². The molecule has 0 saturated carbocycles. The van der Waals surface area contributed by atoms with Crippen LogP contribution >= 0.6 is 0 Å². The van der Waals surface area contributed by atoms with Crippen molar-refractivity contribution in [3.63, 3.8) is 0 Å². The van der Waals surface area contributed by atoms with Crippen molar-refractivity contribution in [3.05, 3.63) is 64.7 Å². The predicted molar refractivity (Wildman–Crippen MR) is 138 cm³/mol. The van der Waals surface area contributed by atoms with E-state index >= 15 is 0 Å². The summed E-state index contributed by atoms with van der Waals surface area (Å²) in [5, 5.41) is 9.98. The maximum Gasteiger partial charge on any atom is 0.250 e. The van der Waals surface area contributed by atoms with E-state index in [1.807, 2.05) is 30.1 Å². The predicted octanol–water partition coefficient (Wildman–Crippen LogP) is 2.51. The van der Waals surface area contributed by atoms with Crippen LogP contribution in [0.15, 0.2) is 42.5 Å². The number of hydrogen-bond donors (Lipinski definition) is 2. The average molecular weight is 480 g/mol. The van der Waals surface area contributed by atoms with Crippen LogP contribution in [0.25, 0.3) is 0 Å². The fourth-order valence-corrected chi connectivity index (χ4v) is 4.13. The minimum absolute atomic E-state index is 0.0191. The van der Waals surface area contributed by atoms with Crippen LogP contribution in [-0.2, 0) is 22.7 Å². The van der Waals surface area contributed by atoms with Gasteiger partial charge in [-0.2, -0.15) is 0 Å². The van der Waals surface area contributed by atoms with E-state index in [9.17, 15) is 14.4 Å². The van der Waals surface area contributed by atoms with Gasteiger partial charge in [-0.3, -0.25) is 24.7 Å². The minimum atomic E-state index is -0.150. The third-order valence-corrected chi connectivity index (χ3v) is 6.26. The van der Waals surface area contributed by atoms with Crippen molar-refractivity contribution in [2.75, 3.05) is 38.1 Å². The summed E-state index contributed by atoms with van der Waals surface area (Å²) in [5.74, 6) is -0.299. The quantitative estimate of drug-likeness (QED) is 0.482. The van der Waals surface area contributed by atoms with Gasteiger partial charge < -0.3 is 10.2 Å². The molecule has 8 nitrogen and oxygen atoms in total. The van der Waals surface area contributed by atoms with Gasteiger partial charge in [0.15, 0.2) is 5.78 Å². The molecule has 3 rings (SSSR count). The Morgan fingerprint density at radius 2 is 1.63 bits per heavy atom. The Morgan fingerprint density at radius 3 is 2.23 bits per heavy atom. The Bertz CT molecular complexity index is 1040. The van der Waals surface area contributed by atoms with Gasteiger partial charge in [0, 0.05) is 50.5 Å². The maximum absolute atomic E-state index is 13.2. The number of Topliss-reactive ketones (excluding diaryl/α,β-unsaturated/α-hetero) is 1. The summed E-state index contributed by atoms with van der Waals surface area (Å²) in [5.41, 5.74) is 4.65. The largest absolute Gasteiger partial charge is 0.313 e. The Hall–Kier alpha value is -3.07. The lowest BCUT2D eigenvalue weighted by atomic mass is 10.1. The van der Waals surface area contributed by atoms with Gasteiger partial charge in [0.05, 0.1) is 13.1 Å². The zero-order valence-electron chi connectivity index (χ0n) is 21.4. The van der Waals surface area contributed by atoms with Gasteiger partial charge >= 0.3 is 0 Å². The molecule has 1 heterocycles. The minimum Gasteiger partial charge on any atom is -0.313 e. The molecule has 0 bridgehead atoms. The van der Waals surface area contributed by atoms with E-state index in [0.29, 0.717) is 43.5 Å². The van der Waals surface area contributed by atoms with E-state index in [-0.39, 0.29) is 30.7 Å². The summed E-state index contributed by atoms with van der Waals surface area (Å²) < 4.78 is 0. The van der Waals surface area contributed by atoms with Crippen LogP contribution in [0, 0.1) is 6.92 Å². The lowest BCUT2D eigenvalue weighted by molar-refractivity contribution is -0.145. The van der Waals surface area contributed by atoms with Crippen molar-refractivity contribution < 1.29 is 14.4 Å². The first-order chi connectivity index (χ1) is 16.7. The second-order valence-electron chi connectivity index (χ2n) is 9.32. The number of nitrogens with zero attached hydrogens (tertiary/aromatic N) is 3. The Morgan fingerprint density at radius 1 is 1.00 bits per heavy atom. The van der Waals surface area contributed by atoms with Gasteiger partial charge in [0.1, 0.15) is 0 Å². The first-order valence-corrected chi connectivity index (χ1v) is 12.1. The maximum atomic E-state index is 13.2. The number of hydrazine groups is 1. The summed E-state index contributed by atoms with van der Waals surface area (Å²) in [6.45, 7) is 10.1. The molecule has 8 heteroatoms. The van der Waals surface area contributed by atoms with Crippen LogP contribution in [0.5, 0.6) is 0 Å². The second kappa shape index (κ2) is 12.1. The zero-order valence-corrected chi connectivity index (χ0v) is 21.4. The summed E-state index contributed by atoms with van der Waals surface area (Å²) in [6.07, 6.45) is 0. The number of hydrogen-bond acceptors (Lipinski definition) is 6. The highest BCUT2D eigenvalue weighted by atomic mass is 16.2. The average Bonchev–Trinajstić information content (AvgIpc) is 3.25. The number of carbonyl (C=O) groups is 3. The van der Waals surface area contributed by atoms with Gasteiger partial charge in [-0.05, 0) is 36.6 Å². The smallest absolute Gasteiger partial charge is 0.250 e. The van der Waals surface area contributed by atoms with E-state index < -0.39 is 0 Å². The fraction of sp³-hybridized carbons (Fsp3) is 0.444. The van der Waals surface area contributed by atoms with E-state index in [2.05, 4.69) is 36.6 Å². The molecule has 2 amide bonds. The molecule has 0 aromatic heterocycles. The summed E-state index contributed by atoms with van der Waals surface area (Å²) in [6, 6.07) is 13.9. The van der Waals surface area contributed by atoms with Gasteiger partial charge in [-0.1, -0.05) is 50.2 Å². The zero-order chi connectivity index (χ0) is 25.5. The van der Waals surface area contributed by atoms with Crippen molar-refractivity contribution in [2.45, 2.75) is 46.8 Å². The topological polar surface area (TPSA) is 85.0 Å². The molecule has 0 spiro atoms. The summed E-state index contributed by atoms with van der Waals surface area (Å²) >= 11 is 0. The van der Waals surface area contributed by atoms with Crippen LogP contribution in [-0.4, -0.2) is 66.9 Å². The molecule has 1 aliphatic rings. The number of rotatable bonds is 11. The normalized spacial score (nSPS) is 13.1. The molecular formula is C27H37N5O3. The summed E-state index contributed by atoms with van der Waals surface area (Å²) in [7, 11) is 1.76. The van der Waals surface area contributed by atoms with Crippen LogP contribution in [0.1, 0.15) is 47.8 Å². The van der Waals surface area contributed by atoms with E-state index in [1.54, 1.807) is 29.1 Å². The molecule has 0 aliphatic carbocycles. The molecule has 0 saturated heterocycles. The monoisotopic (exact) mass is 479 g/mol. The molecule has 35 heavy (non-hydrogen) atoms. The standard InChI is InChI=1S/C27H37N5O3/c1-19(2)29-12-13-32(25-14-22(21(4)33)11-10-20(25)3)27(35)16-28-15-26(34)30(5)31-17-23-8-6-7-9-24(23)18-31/h6-11,14,19,28-29H,12-13,15-18H2,1-5H3. The van der Waals surface area contributed by atoms with Gasteiger partial charge in [0.2, 0.25) is 5.91 Å². The SMILES string of the molecule is CC(=O)c1ccc(C)c(N(CCNC(C)C)C(=O)CNCC(=O)N(C)N2Cc3ccccc3C2)c1. The van der Waals surface area contributed by atoms with Crippen LogP contribution in [0.2, 0.25) is 0 Å². The van der Waals surface area contributed by atoms with Gasteiger partial charge in [0.25, 0.3) is 5.91 Å². The highest BCUT2D eigenvalue weighted by Gasteiger charge is 2.25. The van der Waals surface area contributed by atoms with Crippen LogP contribution in [0.4, 0.5) is 5.69 Å². The molecule has 188 valence electrons. The number of benzene rings is 2. The lowest BCUT2D eigenvalue weighted by Gasteiger charge is -2.28.